The fraction of sp³-hybridized carbons (Fsp3) is 0.0714. The van der Waals surface area contributed by atoms with Crippen LogP contribution < -0.4 is 22.4 Å². The number of nitrogens with one attached hydrogen (secondary N) is 1. The van der Waals surface area contributed by atoms with Gasteiger partial charge in [-0.05, 0) is 6.07 Å². The number of rotatable bonds is 4. The second kappa shape index (κ2) is 8.62. The summed E-state index contributed by atoms with van der Waals surface area (Å²) >= 11 is 11.9. The first kappa shape index (κ1) is 17.4. The molecule has 0 spiro atoms. The monoisotopic (exact) mass is 343 g/mol. The van der Waals surface area contributed by atoms with Gasteiger partial charge in [0.2, 0.25) is 6.54 Å². The molecule has 1 N–H and O–H groups in total. The Hall–Kier alpha value is -1.62. The molecular formula is C14H12Cl3N3O. The summed E-state index contributed by atoms with van der Waals surface area (Å²) in [6, 6.07) is 10.8. The minimum Gasteiger partial charge on any atom is -1.00 e. The van der Waals surface area contributed by atoms with E-state index in [1.165, 1.54) is 6.21 Å². The van der Waals surface area contributed by atoms with Crippen LogP contribution in [0.15, 0.2) is 53.9 Å². The maximum Gasteiger partial charge on any atom is 0.305 e. The Morgan fingerprint density at radius 3 is 2.62 bits per heavy atom. The highest BCUT2D eigenvalue weighted by Gasteiger charge is 2.07. The summed E-state index contributed by atoms with van der Waals surface area (Å²) in [5.74, 6) is -0.226. The van der Waals surface area contributed by atoms with Crippen LogP contribution in [0, 0.1) is 0 Å². The number of nitrogens with zero attached hydrogens (tertiary/aromatic N) is 2. The van der Waals surface area contributed by atoms with E-state index in [0.717, 1.165) is 0 Å². The maximum atomic E-state index is 11.6. The molecule has 1 aromatic heterocycles. The summed E-state index contributed by atoms with van der Waals surface area (Å²) in [5, 5.41) is 4.71. The summed E-state index contributed by atoms with van der Waals surface area (Å²) in [4.78, 5) is 11.6. The Morgan fingerprint density at radius 1 is 1.19 bits per heavy atom. The third-order valence-corrected chi connectivity index (χ3v) is 3.31. The number of halogens is 3. The molecule has 0 saturated carbocycles. The summed E-state index contributed by atoms with van der Waals surface area (Å²) in [7, 11) is 0. The van der Waals surface area contributed by atoms with Crippen LogP contribution >= 0.6 is 23.2 Å². The van der Waals surface area contributed by atoms with Crippen molar-refractivity contribution >= 4 is 35.3 Å². The van der Waals surface area contributed by atoms with E-state index in [1.807, 2.05) is 18.2 Å². The number of carbonyl (C=O) groups is 1. The molecule has 0 radical (unpaired) electrons. The third-order valence-electron chi connectivity index (χ3n) is 2.48. The predicted molar refractivity (Wildman–Crippen MR) is 78.8 cm³/mol. The van der Waals surface area contributed by atoms with E-state index in [1.54, 1.807) is 35.2 Å². The highest BCUT2D eigenvalue weighted by atomic mass is 35.5. The molecule has 21 heavy (non-hydrogen) atoms. The van der Waals surface area contributed by atoms with E-state index in [2.05, 4.69) is 10.5 Å². The number of carbonyl (C=O) groups excluding carboxylic acids is 1. The van der Waals surface area contributed by atoms with E-state index < -0.39 is 0 Å². The highest BCUT2D eigenvalue weighted by Crippen LogP contribution is 2.23. The average Bonchev–Trinajstić information content (AvgIpc) is 2.44. The lowest BCUT2D eigenvalue weighted by atomic mass is 10.2. The number of amides is 1. The Morgan fingerprint density at radius 2 is 1.90 bits per heavy atom. The number of pyridine rings is 1. The summed E-state index contributed by atoms with van der Waals surface area (Å²) < 4.78 is 1.75. The van der Waals surface area contributed by atoms with Gasteiger partial charge in [0, 0.05) is 17.7 Å². The molecule has 0 bridgehead atoms. The maximum absolute atomic E-state index is 11.6. The quantitative estimate of drug-likeness (QED) is 0.451. The van der Waals surface area contributed by atoms with Crippen LogP contribution in [0.5, 0.6) is 0 Å². The number of hydrogen-bond donors (Lipinski definition) is 1. The van der Waals surface area contributed by atoms with Gasteiger partial charge in [0.1, 0.15) is 0 Å². The van der Waals surface area contributed by atoms with Gasteiger partial charge in [0.15, 0.2) is 12.4 Å². The second-order valence-electron chi connectivity index (χ2n) is 3.98. The fourth-order valence-corrected chi connectivity index (χ4v) is 1.89. The zero-order valence-corrected chi connectivity index (χ0v) is 13.1. The molecule has 1 aromatic carbocycles. The lowest BCUT2D eigenvalue weighted by Crippen LogP contribution is -3.00. The minimum absolute atomic E-state index is 0. The standard InChI is InChI=1S/C14H11Cl2N3O.ClH/c15-12-6-4-5-11(14(12)16)9-17-18-13(20)10-19-7-2-1-3-8-19;/h1-9H,10H2;1H/b17-9+;. The van der Waals surface area contributed by atoms with Crippen molar-refractivity contribution in [2.45, 2.75) is 6.54 Å². The van der Waals surface area contributed by atoms with Crippen molar-refractivity contribution in [3.8, 4) is 0 Å². The zero-order valence-electron chi connectivity index (χ0n) is 10.8. The van der Waals surface area contributed by atoms with E-state index in [0.29, 0.717) is 15.6 Å². The van der Waals surface area contributed by atoms with Crippen LogP contribution in [0.25, 0.3) is 0 Å². The third kappa shape index (κ3) is 5.34. The first-order valence-corrected chi connectivity index (χ1v) is 6.62. The highest BCUT2D eigenvalue weighted by molar-refractivity contribution is 6.43. The van der Waals surface area contributed by atoms with Crippen molar-refractivity contribution in [2.24, 2.45) is 5.10 Å². The fourth-order valence-electron chi connectivity index (χ4n) is 1.53. The van der Waals surface area contributed by atoms with Gasteiger partial charge in [-0.3, -0.25) is 4.79 Å². The van der Waals surface area contributed by atoms with Gasteiger partial charge < -0.3 is 12.4 Å². The van der Waals surface area contributed by atoms with Crippen molar-refractivity contribution in [1.82, 2.24) is 5.43 Å². The van der Waals surface area contributed by atoms with E-state index in [4.69, 9.17) is 23.2 Å². The van der Waals surface area contributed by atoms with Crippen LogP contribution in [0.3, 0.4) is 0 Å². The SMILES string of the molecule is O=C(C[n+]1ccccc1)N/N=C/c1cccc(Cl)c1Cl.[Cl-]. The van der Waals surface area contributed by atoms with E-state index >= 15 is 0 Å². The van der Waals surface area contributed by atoms with E-state index in [-0.39, 0.29) is 24.9 Å². The van der Waals surface area contributed by atoms with Gasteiger partial charge in [0.05, 0.1) is 16.3 Å². The Labute approximate surface area is 138 Å². The van der Waals surface area contributed by atoms with Gasteiger partial charge in [-0.1, -0.05) is 41.4 Å². The Balaban J connectivity index is 0.00000220. The zero-order chi connectivity index (χ0) is 14.4. The predicted octanol–water partition coefficient (Wildman–Crippen LogP) is -0.565. The van der Waals surface area contributed by atoms with Gasteiger partial charge in [-0.25, -0.2) is 5.43 Å². The molecule has 2 rings (SSSR count). The lowest BCUT2D eigenvalue weighted by Gasteiger charge is -2.00. The summed E-state index contributed by atoms with van der Waals surface area (Å²) in [5.41, 5.74) is 3.08. The first-order valence-electron chi connectivity index (χ1n) is 5.87. The Kier molecular flexibility index (Phi) is 7.15. The smallest absolute Gasteiger partial charge is 0.305 e. The minimum atomic E-state index is -0.226. The largest absolute Gasteiger partial charge is 1.00 e. The molecule has 0 aliphatic rings. The first-order chi connectivity index (χ1) is 9.66. The molecule has 7 heteroatoms. The van der Waals surface area contributed by atoms with Crippen molar-refractivity contribution in [3.63, 3.8) is 0 Å². The molecule has 1 amide bonds. The molecule has 0 aliphatic carbocycles. The van der Waals surface area contributed by atoms with E-state index in [9.17, 15) is 4.79 Å². The number of hydrazone groups is 1. The number of benzene rings is 1. The van der Waals surface area contributed by atoms with Crippen molar-refractivity contribution in [1.29, 1.82) is 0 Å². The molecule has 0 unspecified atom stereocenters. The topological polar surface area (TPSA) is 45.3 Å². The average molecular weight is 345 g/mol. The van der Waals surface area contributed by atoms with Gasteiger partial charge in [-0.15, -0.1) is 0 Å². The molecule has 1 heterocycles. The molecule has 2 aromatic rings. The summed E-state index contributed by atoms with van der Waals surface area (Å²) in [6.07, 6.45) is 5.07. The van der Waals surface area contributed by atoms with Gasteiger partial charge in [0.25, 0.3) is 0 Å². The lowest BCUT2D eigenvalue weighted by molar-refractivity contribution is -0.684. The van der Waals surface area contributed by atoms with Gasteiger partial charge >= 0.3 is 5.91 Å². The van der Waals surface area contributed by atoms with Crippen molar-refractivity contribution in [3.05, 3.63) is 64.4 Å². The number of aromatic nitrogens is 1. The van der Waals surface area contributed by atoms with Crippen LogP contribution in [0.1, 0.15) is 5.56 Å². The van der Waals surface area contributed by atoms with Gasteiger partial charge in [-0.2, -0.15) is 9.67 Å². The van der Waals surface area contributed by atoms with Crippen molar-refractivity contribution in [2.75, 3.05) is 0 Å². The van der Waals surface area contributed by atoms with Crippen LogP contribution in [0.2, 0.25) is 10.0 Å². The van der Waals surface area contributed by atoms with Crippen LogP contribution in [0.4, 0.5) is 0 Å². The normalized spacial score (nSPS) is 10.2. The van der Waals surface area contributed by atoms with Crippen LogP contribution in [-0.2, 0) is 11.3 Å². The molecular weight excluding hydrogens is 333 g/mol. The molecule has 4 nitrogen and oxygen atoms in total. The van der Waals surface area contributed by atoms with Crippen molar-refractivity contribution < 1.29 is 21.8 Å². The van der Waals surface area contributed by atoms with Crippen LogP contribution in [-0.4, -0.2) is 12.1 Å². The molecule has 110 valence electrons. The molecule has 0 saturated heterocycles. The second-order valence-corrected chi connectivity index (χ2v) is 4.77. The summed E-state index contributed by atoms with van der Waals surface area (Å²) in [6.45, 7) is 0.196. The Bertz CT molecular complexity index is 633. The molecule has 0 atom stereocenters. The molecule has 0 aliphatic heterocycles. The molecule has 0 fully saturated rings. The number of hydrogen-bond acceptors (Lipinski definition) is 2.